The zero-order valence-electron chi connectivity index (χ0n) is 12.0. The molecule has 4 nitrogen and oxygen atoms in total. The Morgan fingerprint density at radius 2 is 1.46 bits per heavy atom. The Bertz CT molecular complexity index is 777. The van der Waals surface area contributed by atoms with E-state index < -0.39 is 34.8 Å². The first-order valence-corrected chi connectivity index (χ1v) is 6.37. The van der Waals surface area contributed by atoms with Crippen molar-refractivity contribution in [2.75, 3.05) is 12.4 Å². The maximum absolute atomic E-state index is 13.6. The highest BCUT2D eigenvalue weighted by molar-refractivity contribution is 5.96. The van der Waals surface area contributed by atoms with Crippen molar-refractivity contribution >= 4 is 18.0 Å². The van der Waals surface area contributed by atoms with Gasteiger partial charge in [0.1, 0.15) is 0 Å². The summed E-state index contributed by atoms with van der Waals surface area (Å²) < 4.78 is 71.4. The molecule has 0 fully saturated rings. The third-order valence-corrected chi connectivity index (χ3v) is 2.93. The van der Waals surface area contributed by atoms with Crippen LogP contribution in [0.2, 0.25) is 0 Å². The fraction of sp³-hybridized carbons (Fsp3) is 0.0667. The van der Waals surface area contributed by atoms with E-state index in [4.69, 9.17) is 4.74 Å². The minimum atomic E-state index is -2.28. The molecule has 0 atom stereocenters. The van der Waals surface area contributed by atoms with Crippen molar-refractivity contribution in [2.45, 2.75) is 0 Å². The van der Waals surface area contributed by atoms with Crippen molar-refractivity contribution in [3.8, 4) is 5.75 Å². The van der Waals surface area contributed by atoms with Crippen molar-refractivity contribution in [3.05, 3.63) is 58.9 Å². The van der Waals surface area contributed by atoms with Crippen LogP contribution in [0, 0.1) is 29.1 Å². The highest BCUT2D eigenvalue weighted by Crippen LogP contribution is 2.29. The van der Waals surface area contributed by atoms with E-state index in [1.165, 1.54) is 31.3 Å². The van der Waals surface area contributed by atoms with E-state index >= 15 is 0 Å². The van der Waals surface area contributed by atoms with Gasteiger partial charge < -0.3 is 10.1 Å². The molecule has 0 unspecified atom stereocenters. The molecule has 0 aliphatic heterocycles. The summed E-state index contributed by atoms with van der Waals surface area (Å²) in [5.41, 5.74) is 0.610. The molecular formula is C15H9F5N2O2. The lowest BCUT2D eigenvalue weighted by atomic mass is 10.2. The normalized spacial score (nSPS) is 11.3. The third kappa shape index (κ3) is 3.19. The fourth-order valence-corrected chi connectivity index (χ4v) is 1.78. The second-order valence-corrected chi connectivity index (χ2v) is 4.37. The first-order valence-electron chi connectivity index (χ1n) is 6.37. The monoisotopic (exact) mass is 344 g/mol. The molecule has 0 aliphatic rings. The van der Waals surface area contributed by atoms with Gasteiger partial charge in [-0.3, -0.25) is 9.79 Å². The van der Waals surface area contributed by atoms with Gasteiger partial charge >= 0.3 is 0 Å². The summed E-state index contributed by atoms with van der Waals surface area (Å²) in [5, 5.41) is 2.36. The molecule has 0 aromatic heterocycles. The Balaban J connectivity index is 2.40. The van der Waals surface area contributed by atoms with Gasteiger partial charge in [0.25, 0.3) is 0 Å². The maximum atomic E-state index is 13.6. The molecule has 9 heteroatoms. The van der Waals surface area contributed by atoms with E-state index in [9.17, 15) is 26.7 Å². The van der Waals surface area contributed by atoms with E-state index in [0.717, 1.165) is 0 Å². The van der Waals surface area contributed by atoms with Gasteiger partial charge in [-0.15, -0.1) is 0 Å². The van der Waals surface area contributed by atoms with Crippen LogP contribution in [0.3, 0.4) is 0 Å². The summed E-state index contributed by atoms with van der Waals surface area (Å²) in [6, 6.07) is 5.61. The molecule has 2 rings (SSSR count). The molecule has 0 saturated heterocycles. The lowest BCUT2D eigenvalue weighted by Crippen LogP contribution is -2.15. The SMILES string of the molecule is CN=C(Oc1c(F)c(F)c(F)c(F)c1F)c1ccc(NC=O)cc1. The van der Waals surface area contributed by atoms with Crippen LogP contribution in [0.1, 0.15) is 5.56 Å². The van der Waals surface area contributed by atoms with E-state index in [-0.39, 0.29) is 11.5 Å². The predicted octanol–water partition coefficient (Wildman–Crippen LogP) is 3.41. The zero-order valence-corrected chi connectivity index (χ0v) is 12.0. The first-order chi connectivity index (χ1) is 11.4. The van der Waals surface area contributed by atoms with Crippen LogP contribution in [0.5, 0.6) is 5.75 Å². The van der Waals surface area contributed by atoms with Gasteiger partial charge in [-0.1, -0.05) is 0 Å². The zero-order chi connectivity index (χ0) is 17.9. The maximum Gasteiger partial charge on any atom is 0.222 e. The molecule has 24 heavy (non-hydrogen) atoms. The first kappa shape index (κ1) is 17.4. The number of nitrogens with zero attached hydrogens (tertiary/aromatic N) is 1. The number of anilines is 1. The van der Waals surface area contributed by atoms with Crippen molar-refractivity contribution in [1.82, 2.24) is 0 Å². The number of aliphatic imine (C=N–C) groups is 1. The van der Waals surface area contributed by atoms with Gasteiger partial charge in [-0.05, 0) is 24.3 Å². The minimum absolute atomic E-state index is 0.192. The van der Waals surface area contributed by atoms with Crippen molar-refractivity contribution in [2.24, 2.45) is 4.99 Å². The largest absolute Gasteiger partial charge is 0.432 e. The van der Waals surface area contributed by atoms with Gasteiger partial charge in [0.15, 0.2) is 0 Å². The van der Waals surface area contributed by atoms with Gasteiger partial charge in [-0.25, -0.2) is 13.2 Å². The Morgan fingerprint density at radius 1 is 0.958 bits per heavy atom. The van der Waals surface area contributed by atoms with Crippen LogP contribution in [-0.4, -0.2) is 19.4 Å². The number of hydrogen-bond acceptors (Lipinski definition) is 3. The standard InChI is InChI=1S/C15H9F5N2O2/c1-21-15(7-2-4-8(5-3-7)22-6-23)24-14-12(19)10(17)9(16)11(18)13(14)20/h2-6H,1H3,(H,22,23). The fourth-order valence-electron chi connectivity index (χ4n) is 1.78. The molecule has 0 bridgehead atoms. The average molecular weight is 344 g/mol. The quantitative estimate of drug-likeness (QED) is 0.231. The van der Waals surface area contributed by atoms with Gasteiger partial charge in [0, 0.05) is 18.3 Å². The molecule has 0 aliphatic carbocycles. The number of amides is 1. The summed E-state index contributed by atoms with van der Waals surface area (Å²) in [7, 11) is 1.21. The smallest absolute Gasteiger partial charge is 0.222 e. The average Bonchev–Trinajstić information content (AvgIpc) is 2.60. The summed E-state index contributed by atoms with van der Waals surface area (Å²) >= 11 is 0. The van der Waals surface area contributed by atoms with E-state index in [0.29, 0.717) is 12.1 Å². The highest BCUT2D eigenvalue weighted by atomic mass is 19.2. The van der Waals surface area contributed by atoms with Crippen molar-refractivity contribution < 1.29 is 31.5 Å². The number of ether oxygens (including phenoxy) is 1. The van der Waals surface area contributed by atoms with Crippen LogP contribution in [0.4, 0.5) is 27.6 Å². The van der Waals surface area contributed by atoms with Crippen LogP contribution in [-0.2, 0) is 4.79 Å². The van der Waals surface area contributed by atoms with Crippen LogP contribution in [0.15, 0.2) is 29.3 Å². The second-order valence-electron chi connectivity index (χ2n) is 4.37. The van der Waals surface area contributed by atoms with Gasteiger partial charge in [0.05, 0.1) is 0 Å². The summed E-state index contributed by atoms with van der Waals surface area (Å²) in [5.74, 6) is -12.6. The molecule has 126 valence electrons. The second kappa shape index (κ2) is 7.07. The van der Waals surface area contributed by atoms with E-state index in [2.05, 4.69) is 10.3 Å². The summed E-state index contributed by atoms with van der Waals surface area (Å²) in [4.78, 5) is 13.9. The van der Waals surface area contributed by atoms with Crippen molar-refractivity contribution in [1.29, 1.82) is 0 Å². The molecule has 0 saturated carbocycles. The number of carbonyl (C=O) groups excluding carboxylic acids is 1. The number of rotatable bonds is 4. The minimum Gasteiger partial charge on any atom is -0.432 e. The van der Waals surface area contributed by atoms with Gasteiger partial charge in [-0.2, -0.15) is 8.78 Å². The molecule has 0 spiro atoms. The molecule has 0 radical (unpaired) electrons. The lowest BCUT2D eigenvalue weighted by Gasteiger charge is -2.12. The van der Waals surface area contributed by atoms with E-state index in [1.54, 1.807) is 0 Å². The lowest BCUT2D eigenvalue weighted by molar-refractivity contribution is -0.105. The van der Waals surface area contributed by atoms with Crippen LogP contribution >= 0.6 is 0 Å². The molecule has 2 aromatic rings. The third-order valence-electron chi connectivity index (χ3n) is 2.93. The highest BCUT2D eigenvalue weighted by Gasteiger charge is 2.28. The molecule has 1 amide bonds. The Morgan fingerprint density at radius 3 is 1.92 bits per heavy atom. The Hall–Kier alpha value is -2.97. The van der Waals surface area contributed by atoms with E-state index in [1.807, 2.05) is 0 Å². The van der Waals surface area contributed by atoms with Gasteiger partial charge in [0.2, 0.25) is 47.1 Å². The van der Waals surface area contributed by atoms with Crippen LogP contribution < -0.4 is 10.1 Å². The number of halogens is 5. The molecular weight excluding hydrogens is 335 g/mol. The predicted molar refractivity (Wildman–Crippen MR) is 75.4 cm³/mol. The summed E-state index contributed by atoms with van der Waals surface area (Å²) in [6.45, 7) is 0. The number of nitrogens with one attached hydrogen (secondary N) is 1. The topological polar surface area (TPSA) is 50.7 Å². The van der Waals surface area contributed by atoms with Crippen molar-refractivity contribution in [3.63, 3.8) is 0 Å². The number of carbonyl (C=O) groups is 1. The number of hydrogen-bond donors (Lipinski definition) is 1. The molecule has 0 heterocycles. The summed E-state index contributed by atoms with van der Waals surface area (Å²) in [6.07, 6.45) is 0.440. The molecule has 2 aromatic carbocycles. The van der Waals surface area contributed by atoms with Crippen LogP contribution in [0.25, 0.3) is 0 Å². The Kier molecular flexibility index (Phi) is 5.12. The number of benzene rings is 2. The Labute approximate surface area is 132 Å². The molecule has 1 N–H and O–H groups in total.